The van der Waals surface area contributed by atoms with Gasteiger partial charge in [0.1, 0.15) is 16.3 Å². The van der Waals surface area contributed by atoms with Crippen LogP contribution in [0.4, 0.5) is 5.69 Å². The van der Waals surface area contributed by atoms with Gasteiger partial charge in [-0.25, -0.2) is 8.42 Å². The lowest BCUT2D eigenvalue weighted by atomic mass is 10.3. The second-order valence-corrected chi connectivity index (χ2v) is 8.76. The van der Waals surface area contributed by atoms with Crippen molar-refractivity contribution in [2.75, 3.05) is 11.8 Å². The Morgan fingerprint density at radius 1 is 1.24 bits per heavy atom. The fourth-order valence-corrected chi connectivity index (χ4v) is 5.15. The molecule has 6 nitrogen and oxygen atoms in total. The van der Waals surface area contributed by atoms with Crippen LogP contribution in [0.2, 0.25) is 5.02 Å². The van der Waals surface area contributed by atoms with Crippen molar-refractivity contribution in [2.45, 2.75) is 18.7 Å². The number of aromatic nitrogens is 2. The van der Waals surface area contributed by atoms with Crippen molar-refractivity contribution in [1.29, 1.82) is 0 Å². The van der Waals surface area contributed by atoms with Crippen LogP contribution in [0.25, 0.3) is 10.6 Å². The molecule has 1 aromatic carbocycles. The van der Waals surface area contributed by atoms with E-state index in [4.69, 9.17) is 16.3 Å². The van der Waals surface area contributed by atoms with Gasteiger partial charge in [-0.05, 0) is 44.2 Å². The Balaban J connectivity index is 1.98. The fraction of sp³-hybridized carbons (Fsp3) is 0.188. The van der Waals surface area contributed by atoms with E-state index in [1.165, 1.54) is 24.5 Å². The second-order valence-electron chi connectivity index (χ2n) is 5.42. The van der Waals surface area contributed by atoms with Crippen LogP contribution in [-0.4, -0.2) is 25.7 Å². The molecule has 132 valence electrons. The molecule has 2 aromatic heterocycles. The summed E-state index contributed by atoms with van der Waals surface area (Å²) in [6, 6.07) is 8.24. The van der Waals surface area contributed by atoms with Crippen LogP contribution in [0.1, 0.15) is 10.6 Å². The van der Waals surface area contributed by atoms with E-state index >= 15 is 0 Å². The molecule has 0 radical (unpaired) electrons. The van der Waals surface area contributed by atoms with Crippen LogP contribution in [0.5, 0.6) is 5.75 Å². The molecule has 0 saturated heterocycles. The summed E-state index contributed by atoms with van der Waals surface area (Å²) in [6.45, 7) is 3.65. The van der Waals surface area contributed by atoms with Gasteiger partial charge in [-0.1, -0.05) is 11.6 Å². The smallest absolute Gasteiger partial charge is 0.263 e. The second kappa shape index (κ2) is 6.70. The number of thiophene rings is 1. The zero-order valence-electron chi connectivity index (χ0n) is 13.8. The normalized spacial score (nSPS) is 11.5. The third-order valence-electron chi connectivity index (χ3n) is 3.53. The first kappa shape index (κ1) is 17.8. The zero-order chi connectivity index (χ0) is 18.2. The maximum atomic E-state index is 12.8. The van der Waals surface area contributed by atoms with Crippen LogP contribution in [-0.2, 0) is 10.0 Å². The van der Waals surface area contributed by atoms with Gasteiger partial charge in [0.25, 0.3) is 10.0 Å². The molecular formula is C16H16ClN3O3S2. The van der Waals surface area contributed by atoms with E-state index in [0.29, 0.717) is 21.3 Å². The molecule has 0 amide bonds. The highest BCUT2D eigenvalue weighted by atomic mass is 35.5. The number of anilines is 1. The quantitative estimate of drug-likeness (QED) is 0.675. The number of sulfonamides is 1. The number of methoxy groups -OCH3 is 1. The van der Waals surface area contributed by atoms with E-state index in [0.717, 1.165) is 10.6 Å². The first-order valence-electron chi connectivity index (χ1n) is 7.29. The number of aromatic amines is 1. The van der Waals surface area contributed by atoms with Crippen molar-refractivity contribution in [3.8, 4) is 16.3 Å². The van der Waals surface area contributed by atoms with E-state index in [9.17, 15) is 8.42 Å². The molecule has 0 bridgehead atoms. The van der Waals surface area contributed by atoms with Crippen LogP contribution in [0.15, 0.2) is 35.2 Å². The van der Waals surface area contributed by atoms with Crippen molar-refractivity contribution < 1.29 is 13.2 Å². The summed E-state index contributed by atoms with van der Waals surface area (Å²) >= 11 is 7.34. The van der Waals surface area contributed by atoms with Gasteiger partial charge in [0.05, 0.1) is 17.7 Å². The zero-order valence-corrected chi connectivity index (χ0v) is 16.1. The van der Waals surface area contributed by atoms with Gasteiger partial charge >= 0.3 is 0 Å². The Morgan fingerprint density at radius 3 is 2.64 bits per heavy atom. The molecule has 0 aliphatic carbocycles. The number of nitrogens with zero attached hydrogens (tertiary/aromatic N) is 1. The summed E-state index contributed by atoms with van der Waals surface area (Å²) < 4.78 is 33.4. The van der Waals surface area contributed by atoms with E-state index in [1.807, 2.05) is 13.0 Å². The minimum atomic E-state index is -3.79. The van der Waals surface area contributed by atoms with Crippen LogP contribution >= 0.6 is 22.9 Å². The predicted molar refractivity (Wildman–Crippen MR) is 100 cm³/mol. The van der Waals surface area contributed by atoms with Crippen molar-refractivity contribution in [3.05, 3.63) is 45.9 Å². The van der Waals surface area contributed by atoms with Crippen LogP contribution in [0.3, 0.4) is 0 Å². The Bertz CT molecular complexity index is 1030. The molecule has 0 unspecified atom stereocenters. The standard InChI is InChI=1S/C16H16ClN3O3S2/c1-9-6-13(19-18-9)15-8-16(10(2)24-15)25(21,22)20-12-7-11(17)4-5-14(12)23-3/h4-8,20H,1-3H3,(H,18,19). The number of ether oxygens (including phenoxy) is 1. The molecule has 0 saturated carbocycles. The van der Waals surface area contributed by atoms with E-state index in [1.54, 1.807) is 25.1 Å². The van der Waals surface area contributed by atoms with Gasteiger partial charge in [0, 0.05) is 15.6 Å². The monoisotopic (exact) mass is 397 g/mol. The summed E-state index contributed by atoms with van der Waals surface area (Å²) in [4.78, 5) is 1.65. The molecule has 0 fully saturated rings. The number of aryl methyl sites for hydroxylation is 2. The Hall–Kier alpha value is -2.03. The highest BCUT2D eigenvalue weighted by Crippen LogP contribution is 2.35. The van der Waals surface area contributed by atoms with Gasteiger partial charge in [0.2, 0.25) is 0 Å². The van der Waals surface area contributed by atoms with Crippen molar-refractivity contribution in [3.63, 3.8) is 0 Å². The number of rotatable bonds is 5. The van der Waals surface area contributed by atoms with Crippen LogP contribution in [0, 0.1) is 13.8 Å². The Morgan fingerprint density at radius 2 is 2.00 bits per heavy atom. The first-order valence-corrected chi connectivity index (χ1v) is 9.97. The summed E-state index contributed by atoms with van der Waals surface area (Å²) in [5.41, 5.74) is 1.91. The molecular weight excluding hydrogens is 382 g/mol. The third-order valence-corrected chi connectivity index (χ3v) is 6.45. The minimum Gasteiger partial charge on any atom is -0.495 e. The average Bonchev–Trinajstić information content (AvgIpc) is 3.13. The number of H-pyrrole nitrogens is 1. The Kier molecular flexibility index (Phi) is 4.77. The maximum Gasteiger partial charge on any atom is 0.263 e. The predicted octanol–water partition coefficient (Wildman–Crippen LogP) is 4.22. The Labute approximate surface area is 154 Å². The summed E-state index contributed by atoms with van der Waals surface area (Å²) in [5, 5.41) is 7.44. The lowest BCUT2D eigenvalue weighted by Gasteiger charge is -2.12. The summed E-state index contributed by atoms with van der Waals surface area (Å²) in [5.74, 6) is 0.393. The molecule has 0 atom stereocenters. The van der Waals surface area contributed by atoms with E-state index in [2.05, 4.69) is 14.9 Å². The number of hydrogen-bond donors (Lipinski definition) is 2. The molecule has 0 aliphatic rings. The van der Waals surface area contributed by atoms with Crippen molar-refractivity contribution >= 4 is 38.6 Å². The molecule has 3 aromatic rings. The number of benzene rings is 1. The topological polar surface area (TPSA) is 84.1 Å². The molecule has 2 N–H and O–H groups in total. The fourth-order valence-electron chi connectivity index (χ4n) is 2.36. The highest BCUT2D eigenvalue weighted by Gasteiger charge is 2.22. The average molecular weight is 398 g/mol. The molecule has 3 rings (SSSR count). The largest absolute Gasteiger partial charge is 0.495 e. The van der Waals surface area contributed by atoms with Crippen molar-refractivity contribution in [2.24, 2.45) is 0 Å². The third kappa shape index (κ3) is 3.65. The molecule has 0 spiro atoms. The SMILES string of the molecule is COc1ccc(Cl)cc1NS(=O)(=O)c1cc(-c2cc(C)[nH]n2)sc1C. The van der Waals surface area contributed by atoms with E-state index < -0.39 is 10.0 Å². The first-order chi connectivity index (χ1) is 11.8. The van der Waals surface area contributed by atoms with Gasteiger partial charge in [-0.15, -0.1) is 11.3 Å². The number of halogens is 1. The van der Waals surface area contributed by atoms with Gasteiger partial charge in [0.15, 0.2) is 0 Å². The van der Waals surface area contributed by atoms with Gasteiger partial charge in [-0.3, -0.25) is 9.82 Å². The summed E-state index contributed by atoms with van der Waals surface area (Å²) in [6.07, 6.45) is 0. The number of nitrogens with one attached hydrogen (secondary N) is 2. The summed E-state index contributed by atoms with van der Waals surface area (Å²) in [7, 11) is -2.32. The van der Waals surface area contributed by atoms with Gasteiger partial charge in [-0.2, -0.15) is 5.10 Å². The minimum absolute atomic E-state index is 0.204. The van der Waals surface area contributed by atoms with Crippen molar-refractivity contribution in [1.82, 2.24) is 10.2 Å². The lowest BCUT2D eigenvalue weighted by molar-refractivity contribution is 0.417. The van der Waals surface area contributed by atoms with Crippen LogP contribution < -0.4 is 9.46 Å². The molecule has 9 heteroatoms. The molecule has 25 heavy (non-hydrogen) atoms. The maximum absolute atomic E-state index is 12.8. The van der Waals surface area contributed by atoms with E-state index in [-0.39, 0.29) is 10.6 Å². The van der Waals surface area contributed by atoms with Gasteiger partial charge < -0.3 is 4.74 Å². The number of hydrogen-bond acceptors (Lipinski definition) is 5. The highest BCUT2D eigenvalue weighted by molar-refractivity contribution is 7.93. The molecule has 0 aliphatic heterocycles. The molecule has 2 heterocycles. The lowest BCUT2D eigenvalue weighted by Crippen LogP contribution is -2.13.